The summed E-state index contributed by atoms with van der Waals surface area (Å²) in [6.45, 7) is 9.50. The van der Waals surface area contributed by atoms with E-state index in [4.69, 9.17) is 10.1 Å². The molecule has 167 valence electrons. The molecule has 0 atom stereocenters. The Balaban J connectivity index is 0.000000398. The van der Waals surface area contributed by atoms with Gasteiger partial charge in [0.2, 0.25) is 0 Å². The van der Waals surface area contributed by atoms with Crippen molar-refractivity contribution in [2.45, 2.75) is 40.0 Å². The number of ketones is 1. The number of pyridine rings is 1. The number of benzene rings is 3. The molecule has 4 aromatic rings. The van der Waals surface area contributed by atoms with E-state index >= 15 is 0 Å². The zero-order valence-electron chi connectivity index (χ0n) is 19.1. The predicted molar refractivity (Wildman–Crippen MR) is 129 cm³/mol. The molecule has 0 aliphatic carbocycles. The molecule has 0 bridgehead atoms. The van der Waals surface area contributed by atoms with E-state index in [2.05, 4.69) is 93.6 Å². The fourth-order valence-corrected chi connectivity index (χ4v) is 3.38. The Morgan fingerprint density at radius 3 is 2.22 bits per heavy atom. The van der Waals surface area contributed by atoms with Gasteiger partial charge in [0.25, 0.3) is 0 Å². The van der Waals surface area contributed by atoms with Crippen molar-refractivity contribution in [1.82, 2.24) is 4.98 Å². The van der Waals surface area contributed by atoms with Gasteiger partial charge in [0, 0.05) is 31.6 Å². The summed E-state index contributed by atoms with van der Waals surface area (Å²) in [5.74, 6) is -0.0625. The predicted octanol–water partition coefficient (Wildman–Crippen LogP) is 7.19. The van der Waals surface area contributed by atoms with Crippen LogP contribution in [0.2, 0.25) is 0 Å². The molecule has 4 heteroatoms. The molecule has 0 saturated heterocycles. The zero-order valence-corrected chi connectivity index (χ0v) is 21.5. The molecule has 3 aromatic carbocycles. The van der Waals surface area contributed by atoms with Crippen molar-refractivity contribution in [3.8, 4) is 11.3 Å². The summed E-state index contributed by atoms with van der Waals surface area (Å²) in [4.78, 5) is 14.9. The normalized spacial score (nSPS) is 11.5. The van der Waals surface area contributed by atoms with E-state index < -0.39 is 0 Å². The first-order chi connectivity index (χ1) is 14.6. The molecule has 0 aliphatic heterocycles. The van der Waals surface area contributed by atoms with Gasteiger partial charge in [-0.2, -0.15) is 0 Å². The van der Waals surface area contributed by atoms with Crippen LogP contribution in [0.4, 0.5) is 0 Å². The largest absolute Gasteiger partial charge is 0.512 e. The number of aliphatic hydroxyl groups is 1. The van der Waals surface area contributed by atoms with Gasteiger partial charge in [0.1, 0.15) is 0 Å². The fraction of sp³-hybridized carbons (Fsp3) is 0.214. The first-order valence-corrected chi connectivity index (χ1v) is 10.3. The molecular weight excluding hydrogens is 575 g/mol. The topological polar surface area (TPSA) is 50.2 Å². The van der Waals surface area contributed by atoms with Gasteiger partial charge < -0.3 is 5.11 Å². The summed E-state index contributed by atoms with van der Waals surface area (Å²) in [6, 6.07) is 26.7. The Bertz CT molecular complexity index is 1250. The Hall–Kier alpha value is -2.81. The average molecular weight is 603 g/mol. The first-order valence-electron chi connectivity index (χ1n) is 10.3. The van der Waals surface area contributed by atoms with Gasteiger partial charge in [-0.1, -0.05) is 63.2 Å². The molecule has 0 spiro atoms. The first kappa shape index (κ1) is 25.4. The molecule has 1 N–H and O–H groups in total. The van der Waals surface area contributed by atoms with Crippen molar-refractivity contribution in [3.05, 3.63) is 90.2 Å². The minimum Gasteiger partial charge on any atom is -0.512 e. The zero-order chi connectivity index (χ0) is 22.6. The number of hydrogen-bond donors (Lipinski definition) is 1. The monoisotopic (exact) mass is 603 g/mol. The van der Waals surface area contributed by atoms with Crippen LogP contribution in [0.5, 0.6) is 0 Å². The number of rotatable bonds is 2. The molecule has 0 fully saturated rings. The Morgan fingerprint density at radius 1 is 0.938 bits per heavy atom. The van der Waals surface area contributed by atoms with Crippen LogP contribution in [0, 0.1) is 6.07 Å². The van der Waals surface area contributed by atoms with Crippen LogP contribution in [0.3, 0.4) is 0 Å². The summed E-state index contributed by atoms with van der Waals surface area (Å²) in [7, 11) is 0. The Kier molecular flexibility index (Phi) is 8.49. The second kappa shape index (κ2) is 10.7. The third kappa shape index (κ3) is 6.35. The van der Waals surface area contributed by atoms with Crippen LogP contribution in [0.15, 0.2) is 78.6 Å². The van der Waals surface area contributed by atoms with Crippen molar-refractivity contribution in [2.24, 2.45) is 0 Å². The molecule has 3 nitrogen and oxygen atoms in total. The minimum absolute atomic E-state index is 0. The molecule has 1 radical (unpaired) electrons. The van der Waals surface area contributed by atoms with Gasteiger partial charge in [0.15, 0.2) is 5.78 Å². The van der Waals surface area contributed by atoms with Crippen LogP contribution in [0.1, 0.15) is 40.2 Å². The summed E-state index contributed by atoms with van der Waals surface area (Å²) in [6.07, 6.45) is 1.17. The van der Waals surface area contributed by atoms with Gasteiger partial charge in [-0.15, -0.1) is 35.4 Å². The number of allylic oxidation sites excluding steroid dienone is 2. The second-order valence-electron chi connectivity index (χ2n) is 8.69. The van der Waals surface area contributed by atoms with Gasteiger partial charge >= 0.3 is 0 Å². The maximum absolute atomic E-state index is 10.0. The number of carbonyl (C=O) groups is 1. The van der Waals surface area contributed by atoms with Crippen LogP contribution >= 0.6 is 0 Å². The molecular formula is C28H28IrNO2-. The smallest absolute Gasteiger partial charge is 0.155 e. The van der Waals surface area contributed by atoms with Crippen LogP contribution in [-0.4, -0.2) is 15.9 Å². The van der Waals surface area contributed by atoms with E-state index in [9.17, 15) is 4.79 Å². The van der Waals surface area contributed by atoms with E-state index in [1.165, 1.54) is 41.6 Å². The number of hydrogen-bond acceptors (Lipinski definition) is 3. The van der Waals surface area contributed by atoms with Gasteiger partial charge in [-0.3, -0.25) is 9.78 Å². The van der Waals surface area contributed by atoms with Gasteiger partial charge in [-0.05, 0) is 41.8 Å². The number of fused-ring (bicyclic) bond motifs is 3. The van der Waals surface area contributed by atoms with Gasteiger partial charge in [0.05, 0.1) is 11.3 Å². The van der Waals surface area contributed by atoms with E-state index in [-0.39, 0.29) is 37.1 Å². The van der Waals surface area contributed by atoms with Crippen molar-refractivity contribution in [1.29, 1.82) is 0 Å². The third-order valence-electron chi connectivity index (χ3n) is 4.96. The molecule has 32 heavy (non-hydrogen) atoms. The molecule has 4 rings (SSSR count). The Labute approximate surface area is 203 Å². The number of aromatic nitrogens is 1. The summed E-state index contributed by atoms with van der Waals surface area (Å²) in [5, 5.41) is 12.1. The molecule has 0 aliphatic rings. The van der Waals surface area contributed by atoms with E-state index in [1.807, 2.05) is 0 Å². The number of nitrogens with zero attached hydrogens (tertiary/aromatic N) is 1. The second-order valence-corrected chi connectivity index (χ2v) is 8.69. The maximum Gasteiger partial charge on any atom is 0.155 e. The third-order valence-corrected chi connectivity index (χ3v) is 4.96. The van der Waals surface area contributed by atoms with E-state index in [1.54, 1.807) is 0 Å². The summed E-state index contributed by atoms with van der Waals surface area (Å²) in [5.41, 5.74) is 4.47. The molecule has 0 saturated carbocycles. The van der Waals surface area contributed by atoms with Crippen molar-refractivity contribution < 1.29 is 30.0 Å². The van der Waals surface area contributed by atoms with Crippen LogP contribution in [-0.2, 0) is 30.3 Å². The quantitative estimate of drug-likeness (QED) is 0.114. The van der Waals surface area contributed by atoms with Crippen LogP contribution < -0.4 is 0 Å². The molecule has 1 aromatic heterocycles. The SMILES string of the molecule is CC(=O)/C=C(/C)O.CC(C)(C)c1c[c-]c(-c2ccc3c(ccc4ccccc43)n2)cc1.[Ir]. The molecule has 1 heterocycles. The minimum atomic E-state index is -0.125. The number of carbonyl (C=O) groups excluding carboxylic acids is 1. The van der Waals surface area contributed by atoms with Crippen molar-refractivity contribution in [2.75, 3.05) is 0 Å². The number of aliphatic hydroxyl groups excluding tert-OH is 1. The van der Waals surface area contributed by atoms with E-state index in [0.29, 0.717) is 0 Å². The average Bonchev–Trinajstić information content (AvgIpc) is 2.72. The van der Waals surface area contributed by atoms with Crippen molar-refractivity contribution in [3.63, 3.8) is 0 Å². The van der Waals surface area contributed by atoms with E-state index in [0.717, 1.165) is 16.8 Å². The van der Waals surface area contributed by atoms with Crippen LogP contribution in [0.25, 0.3) is 32.9 Å². The van der Waals surface area contributed by atoms with Crippen molar-refractivity contribution >= 4 is 27.5 Å². The maximum atomic E-state index is 10.0. The Morgan fingerprint density at radius 2 is 1.66 bits per heavy atom. The standard InChI is InChI=1S/C23H20N.C5H8O2.Ir/c1-23(2,3)18-11-8-17(9-12-18)21-15-13-20-19-7-5-4-6-16(19)10-14-22(20)24-21;1-4(6)3-5(2)7;/h4-8,10-15H,1-3H3;3,6H,1-2H3;/q-1;;/b;4-3-;. The fourth-order valence-electron chi connectivity index (χ4n) is 3.38. The summed E-state index contributed by atoms with van der Waals surface area (Å²) >= 11 is 0. The van der Waals surface area contributed by atoms with Gasteiger partial charge in [-0.25, -0.2) is 0 Å². The summed E-state index contributed by atoms with van der Waals surface area (Å²) < 4.78 is 0. The molecule has 0 unspecified atom stereocenters. The molecule has 0 amide bonds.